The summed E-state index contributed by atoms with van der Waals surface area (Å²) in [4.78, 5) is 6.98. The van der Waals surface area contributed by atoms with Crippen LogP contribution in [0.15, 0.2) is 12.3 Å². The fraction of sp³-hybridized carbons (Fsp3) is 0.688. The first-order valence-electron chi connectivity index (χ1n) is 7.75. The summed E-state index contributed by atoms with van der Waals surface area (Å²) in [5, 5.41) is 4.16. The van der Waals surface area contributed by atoms with Gasteiger partial charge in [-0.25, -0.2) is 4.98 Å². The molecule has 1 N–H and O–H groups in total. The second kappa shape index (κ2) is 7.28. The van der Waals surface area contributed by atoms with Crippen molar-refractivity contribution in [2.45, 2.75) is 52.6 Å². The Morgan fingerprint density at radius 3 is 2.95 bits per heavy atom. The average molecular weight is 296 g/mol. The molecule has 0 amide bonds. The van der Waals surface area contributed by atoms with Crippen LogP contribution in [0.25, 0.3) is 0 Å². The first-order valence-corrected chi connectivity index (χ1v) is 8.13. The van der Waals surface area contributed by atoms with Crippen LogP contribution in [0.4, 0.5) is 5.82 Å². The lowest BCUT2D eigenvalue weighted by atomic mass is 9.92. The molecule has 3 nitrogen and oxygen atoms in total. The number of hydrogen-bond acceptors (Lipinski definition) is 3. The van der Waals surface area contributed by atoms with Gasteiger partial charge in [0.25, 0.3) is 0 Å². The standard InChI is InChI=1S/C16H26ClN3/c1-4-7-18-10-14-9-15(17)16(19-11-14)20-8-5-6-12(2)13(20)3/h9,11-13,18H,4-8,10H2,1-3H3. The molecule has 0 bridgehead atoms. The molecule has 112 valence electrons. The van der Waals surface area contributed by atoms with Crippen LogP contribution in [0.2, 0.25) is 5.02 Å². The fourth-order valence-electron chi connectivity index (χ4n) is 2.82. The zero-order valence-electron chi connectivity index (χ0n) is 12.8. The quantitative estimate of drug-likeness (QED) is 0.836. The van der Waals surface area contributed by atoms with Gasteiger partial charge in [-0.05, 0) is 50.3 Å². The molecule has 1 aliphatic heterocycles. The van der Waals surface area contributed by atoms with Gasteiger partial charge in [-0.1, -0.05) is 25.4 Å². The van der Waals surface area contributed by atoms with Crippen molar-refractivity contribution < 1.29 is 0 Å². The number of halogens is 1. The summed E-state index contributed by atoms with van der Waals surface area (Å²) in [5.74, 6) is 1.65. The summed E-state index contributed by atoms with van der Waals surface area (Å²) in [7, 11) is 0. The van der Waals surface area contributed by atoms with E-state index in [4.69, 9.17) is 11.6 Å². The number of aromatic nitrogens is 1. The van der Waals surface area contributed by atoms with E-state index >= 15 is 0 Å². The molecule has 2 unspecified atom stereocenters. The molecule has 20 heavy (non-hydrogen) atoms. The van der Waals surface area contributed by atoms with Crippen molar-refractivity contribution >= 4 is 17.4 Å². The Hall–Kier alpha value is -0.800. The van der Waals surface area contributed by atoms with E-state index in [1.807, 2.05) is 6.20 Å². The normalized spacial score (nSPS) is 23.1. The SMILES string of the molecule is CCCNCc1cnc(N2CCCC(C)C2C)c(Cl)c1. The Morgan fingerprint density at radius 2 is 2.25 bits per heavy atom. The van der Waals surface area contributed by atoms with Gasteiger partial charge in [0.05, 0.1) is 5.02 Å². The van der Waals surface area contributed by atoms with Crippen molar-refractivity contribution in [3.05, 3.63) is 22.8 Å². The molecule has 1 saturated heterocycles. The minimum absolute atomic E-state index is 0.512. The van der Waals surface area contributed by atoms with Crippen molar-refractivity contribution in [1.82, 2.24) is 10.3 Å². The zero-order chi connectivity index (χ0) is 14.5. The Morgan fingerprint density at radius 1 is 1.45 bits per heavy atom. The lowest BCUT2D eigenvalue weighted by molar-refractivity contribution is 0.361. The molecule has 0 saturated carbocycles. The molecule has 1 aromatic heterocycles. The van der Waals surface area contributed by atoms with E-state index in [0.717, 1.165) is 42.5 Å². The zero-order valence-corrected chi connectivity index (χ0v) is 13.6. The highest BCUT2D eigenvalue weighted by Gasteiger charge is 2.26. The molecule has 0 aromatic carbocycles. The summed E-state index contributed by atoms with van der Waals surface area (Å²) >= 11 is 6.46. The van der Waals surface area contributed by atoms with Crippen LogP contribution in [0.1, 0.15) is 45.6 Å². The number of hydrogen-bond donors (Lipinski definition) is 1. The molecule has 2 atom stereocenters. The largest absolute Gasteiger partial charge is 0.352 e. The van der Waals surface area contributed by atoms with Crippen LogP contribution in [-0.2, 0) is 6.54 Å². The van der Waals surface area contributed by atoms with Crippen LogP contribution >= 0.6 is 11.6 Å². The Labute approximate surface area is 127 Å². The van der Waals surface area contributed by atoms with Crippen LogP contribution in [0.3, 0.4) is 0 Å². The Bertz CT molecular complexity index is 436. The second-order valence-electron chi connectivity index (χ2n) is 5.88. The fourth-order valence-corrected chi connectivity index (χ4v) is 3.12. The van der Waals surface area contributed by atoms with Gasteiger partial charge in [-0.3, -0.25) is 0 Å². The Balaban J connectivity index is 2.08. The van der Waals surface area contributed by atoms with Gasteiger partial charge in [-0.15, -0.1) is 0 Å². The third-order valence-corrected chi connectivity index (χ3v) is 4.56. The minimum Gasteiger partial charge on any atom is -0.352 e. The maximum atomic E-state index is 6.46. The van der Waals surface area contributed by atoms with Crippen molar-refractivity contribution in [1.29, 1.82) is 0 Å². The summed E-state index contributed by atoms with van der Waals surface area (Å²) in [6.45, 7) is 9.69. The smallest absolute Gasteiger partial charge is 0.147 e. The van der Waals surface area contributed by atoms with Crippen molar-refractivity contribution in [2.75, 3.05) is 18.0 Å². The molecule has 4 heteroatoms. The molecule has 0 radical (unpaired) electrons. The lowest BCUT2D eigenvalue weighted by Crippen LogP contribution is -2.43. The van der Waals surface area contributed by atoms with Crippen molar-refractivity contribution in [2.24, 2.45) is 5.92 Å². The van der Waals surface area contributed by atoms with Crippen LogP contribution in [0.5, 0.6) is 0 Å². The topological polar surface area (TPSA) is 28.2 Å². The first-order chi connectivity index (χ1) is 9.63. The van der Waals surface area contributed by atoms with E-state index in [2.05, 4.69) is 42.0 Å². The predicted octanol–water partition coefficient (Wildman–Crippen LogP) is 3.86. The maximum absolute atomic E-state index is 6.46. The molecule has 2 heterocycles. The molecule has 2 rings (SSSR count). The van der Waals surface area contributed by atoms with Crippen LogP contribution < -0.4 is 10.2 Å². The first kappa shape index (κ1) is 15.6. The maximum Gasteiger partial charge on any atom is 0.147 e. The van der Waals surface area contributed by atoms with E-state index in [0.29, 0.717) is 12.0 Å². The van der Waals surface area contributed by atoms with Gasteiger partial charge in [0.15, 0.2) is 0 Å². The number of nitrogens with zero attached hydrogens (tertiary/aromatic N) is 2. The molecule has 0 spiro atoms. The highest BCUT2D eigenvalue weighted by atomic mass is 35.5. The van der Waals surface area contributed by atoms with Crippen LogP contribution in [0, 0.1) is 5.92 Å². The summed E-state index contributed by atoms with van der Waals surface area (Å²) in [6, 6.07) is 2.57. The summed E-state index contributed by atoms with van der Waals surface area (Å²) < 4.78 is 0. The highest BCUT2D eigenvalue weighted by Crippen LogP contribution is 2.31. The molecular weight excluding hydrogens is 270 g/mol. The van der Waals surface area contributed by atoms with E-state index in [1.165, 1.54) is 12.8 Å². The Kier molecular flexibility index (Phi) is 5.67. The number of rotatable bonds is 5. The van der Waals surface area contributed by atoms with Crippen molar-refractivity contribution in [3.8, 4) is 0 Å². The molecule has 0 aliphatic carbocycles. The molecular formula is C16H26ClN3. The van der Waals surface area contributed by atoms with Gasteiger partial charge >= 0.3 is 0 Å². The molecule has 1 fully saturated rings. The average Bonchev–Trinajstić information content (AvgIpc) is 2.43. The third kappa shape index (κ3) is 3.64. The highest BCUT2D eigenvalue weighted by molar-refractivity contribution is 6.33. The van der Waals surface area contributed by atoms with Gasteiger partial charge in [0.2, 0.25) is 0 Å². The van der Waals surface area contributed by atoms with E-state index in [9.17, 15) is 0 Å². The molecule has 1 aromatic rings. The number of nitrogens with one attached hydrogen (secondary N) is 1. The monoisotopic (exact) mass is 295 g/mol. The number of anilines is 1. The van der Waals surface area contributed by atoms with E-state index in [-0.39, 0.29) is 0 Å². The lowest BCUT2D eigenvalue weighted by Gasteiger charge is -2.39. The number of piperidine rings is 1. The predicted molar refractivity (Wildman–Crippen MR) is 86.5 cm³/mol. The number of pyridine rings is 1. The third-order valence-electron chi connectivity index (χ3n) is 4.28. The van der Waals surface area contributed by atoms with Gasteiger partial charge < -0.3 is 10.2 Å². The summed E-state index contributed by atoms with van der Waals surface area (Å²) in [5.41, 5.74) is 1.16. The summed E-state index contributed by atoms with van der Waals surface area (Å²) in [6.07, 6.45) is 5.62. The molecule has 1 aliphatic rings. The van der Waals surface area contributed by atoms with E-state index < -0.39 is 0 Å². The van der Waals surface area contributed by atoms with E-state index in [1.54, 1.807) is 0 Å². The van der Waals surface area contributed by atoms with Gasteiger partial charge in [0, 0.05) is 25.3 Å². The second-order valence-corrected chi connectivity index (χ2v) is 6.29. The van der Waals surface area contributed by atoms with Crippen LogP contribution in [-0.4, -0.2) is 24.1 Å². The van der Waals surface area contributed by atoms with Gasteiger partial charge in [0.1, 0.15) is 5.82 Å². The van der Waals surface area contributed by atoms with Gasteiger partial charge in [-0.2, -0.15) is 0 Å². The van der Waals surface area contributed by atoms with Crippen molar-refractivity contribution in [3.63, 3.8) is 0 Å². The minimum atomic E-state index is 0.512.